The molecule has 8 heteroatoms. The van der Waals surface area contributed by atoms with Crippen LogP contribution < -0.4 is 10.1 Å². The molecule has 2 aromatic rings. The van der Waals surface area contributed by atoms with Crippen molar-refractivity contribution in [2.75, 3.05) is 25.0 Å². The molecule has 26 heavy (non-hydrogen) atoms. The summed E-state index contributed by atoms with van der Waals surface area (Å²) < 4.78 is 16.4. The van der Waals surface area contributed by atoms with E-state index in [0.717, 1.165) is 12.8 Å². The average Bonchev–Trinajstić information content (AvgIpc) is 3.07. The van der Waals surface area contributed by atoms with E-state index in [-0.39, 0.29) is 18.7 Å². The summed E-state index contributed by atoms with van der Waals surface area (Å²) in [5, 5.41) is 6.67. The van der Waals surface area contributed by atoms with E-state index in [2.05, 4.69) is 15.5 Å². The normalized spacial score (nSPS) is 17.2. The summed E-state index contributed by atoms with van der Waals surface area (Å²) >= 11 is 0. The van der Waals surface area contributed by atoms with Crippen LogP contribution in [0.25, 0.3) is 0 Å². The second-order valence-corrected chi connectivity index (χ2v) is 6.12. The summed E-state index contributed by atoms with van der Waals surface area (Å²) in [5.74, 6) is 1.70. The van der Waals surface area contributed by atoms with E-state index >= 15 is 0 Å². The van der Waals surface area contributed by atoms with Crippen LogP contribution in [-0.2, 0) is 11.3 Å². The Labute approximate surface area is 152 Å². The van der Waals surface area contributed by atoms with E-state index in [0.29, 0.717) is 42.8 Å². The zero-order valence-corrected chi connectivity index (χ0v) is 15.1. The Balaban J connectivity index is 1.54. The van der Waals surface area contributed by atoms with Gasteiger partial charge in [-0.1, -0.05) is 17.3 Å². The minimum atomic E-state index is -0.154. The van der Waals surface area contributed by atoms with Crippen LogP contribution in [0.3, 0.4) is 0 Å². The Kier molecular flexibility index (Phi) is 6.06. The van der Waals surface area contributed by atoms with Gasteiger partial charge in [0.05, 0.1) is 18.4 Å². The lowest BCUT2D eigenvalue weighted by molar-refractivity contribution is -0.00916. The lowest BCUT2D eigenvalue weighted by atomic mass is 10.1. The number of rotatable bonds is 6. The van der Waals surface area contributed by atoms with Gasteiger partial charge in [-0.3, -0.25) is 0 Å². The SMILES string of the molecule is CCOc1ccccc1NC(=O)N1CCCC(OCc2nc(C)no2)C1. The number of aryl methyl sites for hydroxylation is 1. The summed E-state index contributed by atoms with van der Waals surface area (Å²) in [5.41, 5.74) is 0.670. The van der Waals surface area contributed by atoms with Gasteiger partial charge in [0.2, 0.25) is 0 Å². The Morgan fingerprint density at radius 3 is 3.04 bits per heavy atom. The zero-order valence-electron chi connectivity index (χ0n) is 15.1. The maximum Gasteiger partial charge on any atom is 0.322 e. The van der Waals surface area contributed by atoms with Gasteiger partial charge in [0.1, 0.15) is 12.4 Å². The number of nitrogens with zero attached hydrogens (tertiary/aromatic N) is 3. The van der Waals surface area contributed by atoms with Crippen LogP contribution in [0.15, 0.2) is 28.8 Å². The van der Waals surface area contributed by atoms with E-state index in [9.17, 15) is 4.79 Å². The zero-order chi connectivity index (χ0) is 18.4. The largest absolute Gasteiger partial charge is 0.492 e. The quantitative estimate of drug-likeness (QED) is 0.852. The molecule has 2 amide bonds. The van der Waals surface area contributed by atoms with Gasteiger partial charge in [0.15, 0.2) is 5.82 Å². The molecule has 1 aromatic heterocycles. The molecular formula is C18H24N4O4. The third-order valence-electron chi connectivity index (χ3n) is 4.11. The first-order chi connectivity index (χ1) is 12.7. The van der Waals surface area contributed by atoms with Gasteiger partial charge in [-0.2, -0.15) is 4.98 Å². The fourth-order valence-electron chi connectivity index (χ4n) is 2.89. The van der Waals surface area contributed by atoms with Crippen LogP contribution in [0.2, 0.25) is 0 Å². The fourth-order valence-corrected chi connectivity index (χ4v) is 2.89. The minimum absolute atomic E-state index is 0.0520. The van der Waals surface area contributed by atoms with Crippen LogP contribution >= 0.6 is 0 Å². The number of para-hydroxylation sites is 2. The van der Waals surface area contributed by atoms with E-state index in [4.69, 9.17) is 14.0 Å². The summed E-state index contributed by atoms with van der Waals surface area (Å²) in [4.78, 5) is 18.5. The number of carbonyl (C=O) groups is 1. The highest BCUT2D eigenvalue weighted by Gasteiger charge is 2.25. The van der Waals surface area contributed by atoms with Crippen molar-refractivity contribution in [1.29, 1.82) is 0 Å². The molecule has 0 aliphatic carbocycles. The molecule has 1 aliphatic heterocycles. The van der Waals surface area contributed by atoms with Crippen molar-refractivity contribution in [3.8, 4) is 5.75 Å². The summed E-state index contributed by atoms with van der Waals surface area (Å²) in [6, 6.07) is 7.27. The van der Waals surface area contributed by atoms with Gasteiger partial charge in [0, 0.05) is 13.1 Å². The molecule has 3 rings (SSSR count). The highest BCUT2D eigenvalue weighted by Crippen LogP contribution is 2.24. The number of hydrogen-bond donors (Lipinski definition) is 1. The van der Waals surface area contributed by atoms with Gasteiger partial charge in [0.25, 0.3) is 5.89 Å². The standard InChI is InChI=1S/C18H24N4O4/c1-3-24-16-9-5-4-8-15(16)20-18(23)22-10-6-7-14(11-22)25-12-17-19-13(2)21-26-17/h4-5,8-9,14H,3,6-7,10-12H2,1-2H3,(H,20,23). The number of aromatic nitrogens is 2. The Morgan fingerprint density at radius 1 is 1.42 bits per heavy atom. The monoisotopic (exact) mass is 360 g/mol. The van der Waals surface area contributed by atoms with Crippen molar-refractivity contribution < 1.29 is 18.8 Å². The molecule has 1 saturated heterocycles. The molecule has 0 saturated carbocycles. The molecule has 2 heterocycles. The molecule has 0 bridgehead atoms. The molecular weight excluding hydrogens is 336 g/mol. The van der Waals surface area contributed by atoms with Crippen LogP contribution in [0.5, 0.6) is 5.75 Å². The molecule has 1 unspecified atom stereocenters. The second-order valence-electron chi connectivity index (χ2n) is 6.12. The molecule has 0 radical (unpaired) electrons. The van der Waals surface area contributed by atoms with E-state index in [1.165, 1.54) is 0 Å². The molecule has 1 fully saturated rings. The van der Waals surface area contributed by atoms with Gasteiger partial charge in [-0.25, -0.2) is 4.79 Å². The maximum atomic E-state index is 12.6. The number of nitrogens with one attached hydrogen (secondary N) is 1. The Hall–Kier alpha value is -2.61. The average molecular weight is 360 g/mol. The number of benzene rings is 1. The highest BCUT2D eigenvalue weighted by molar-refractivity contribution is 5.91. The molecule has 140 valence electrons. The van der Waals surface area contributed by atoms with Gasteiger partial charge >= 0.3 is 6.03 Å². The number of ether oxygens (including phenoxy) is 2. The lowest BCUT2D eigenvalue weighted by Crippen LogP contribution is -2.45. The smallest absolute Gasteiger partial charge is 0.322 e. The summed E-state index contributed by atoms with van der Waals surface area (Å²) in [7, 11) is 0. The van der Waals surface area contributed by atoms with Crippen molar-refractivity contribution in [2.45, 2.75) is 39.4 Å². The first-order valence-corrected chi connectivity index (χ1v) is 8.84. The van der Waals surface area contributed by atoms with Crippen LogP contribution in [0.4, 0.5) is 10.5 Å². The number of hydrogen-bond acceptors (Lipinski definition) is 6. The number of urea groups is 1. The van der Waals surface area contributed by atoms with Crippen LogP contribution in [-0.4, -0.2) is 46.9 Å². The summed E-state index contributed by atoms with van der Waals surface area (Å²) in [6.07, 6.45) is 1.73. The van der Waals surface area contributed by atoms with E-state index < -0.39 is 0 Å². The van der Waals surface area contributed by atoms with Crippen molar-refractivity contribution in [3.63, 3.8) is 0 Å². The minimum Gasteiger partial charge on any atom is -0.492 e. The number of anilines is 1. The first-order valence-electron chi connectivity index (χ1n) is 8.84. The maximum absolute atomic E-state index is 12.6. The topological polar surface area (TPSA) is 89.7 Å². The molecule has 1 aromatic carbocycles. The van der Waals surface area contributed by atoms with Gasteiger partial charge < -0.3 is 24.2 Å². The van der Waals surface area contributed by atoms with Crippen molar-refractivity contribution in [3.05, 3.63) is 36.0 Å². The first kappa shape index (κ1) is 18.2. The third kappa shape index (κ3) is 4.72. The Bertz CT molecular complexity index is 733. The molecule has 1 atom stereocenters. The molecule has 8 nitrogen and oxygen atoms in total. The van der Waals surface area contributed by atoms with Crippen LogP contribution in [0.1, 0.15) is 31.5 Å². The lowest BCUT2D eigenvalue weighted by Gasteiger charge is -2.32. The molecule has 1 aliphatic rings. The van der Waals surface area contributed by atoms with Crippen molar-refractivity contribution in [1.82, 2.24) is 15.0 Å². The van der Waals surface area contributed by atoms with Crippen molar-refractivity contribution >= 4 is 11.7 Å². The summed E-state index contributed by atoms with van der Waals surface area (Å²) in [6.45, 7) is 5.70. The van der Waals surface area contributed by atoms with Crippen LogP contribution in [0, 0.1) is 6.92 Å². The number of carbonyl (C=O) groups excluding carboxylic acids is 1. The molecule has 0 spiro atoms. The van der Waals surface area contributed by atoms with E-state index in [1.807, 2.05) is 31.2 Å². The predicted molar refractivity (Wildman–Crippen MR) is 95.0 cm³/mol. The van der Waals surface area contributed by atoms with Crippen molar-refractivity contribution in [2.24, 2.45) is 0 Å². The van der Waals surface area contributed by atoms with Gasteiger partial charge in [-0.15, -0.1) is 0 Å². The number of likely N-dealkylation sites (tertiary alicyclic amines) is 1. The third-order valence-corrected chi connectivity index (χ3v) is 4.11. The Morgan fingerprint density at radius 2 is 2.27 bits per heavy atom. The predicted octanol–water partition coefficient (Wildman–Crippen LogP) is 2.99. The van der Waals surface area contributed by atoms with Gasteiger partial charge in [-0.05, 0) is 38.8 Å². The van der Waals surface area contributed by atoms with E-state index in [1.54, 1.807) is 11.8 Å². The molecule has 1 N–H and O–H groups in total. The highest BCUT2D eigenvalue weighted by atomic mass is 16.5. The number of piperidine rings is 1. The fraction of sp³-hybridized carbons (Fsp3) is 0.500. The second kappa shape index (κ2) is 8.66. The number of amides is 2.